The number of nitrogens with zero attached hydrogens (tertiary/aromatic N) is 1. The molecule has 1 rings (SSSR count). The van der Waals surface area contributed by atoms with E-state index in [0.29, 0.717) is 0 Å². The van der Waals surface area contributed by atoms with Crippen LogP contribution in [0.3, 0.4) is 0 Å². The molecule has 1 aromatic rings. The molecule has 0 saturated heterocycles. The third-order valence-electron chi connectivity index (χ3n) is 2.27. The van der Waals surface area contributed by atoms with Crippen LogP contribution in [0.5, 0.6) is 0 Å². The van der Waals surface area contributed by atoms with Crippen LogP contribution in [0.15, 0.2) is 24.4 Å². The summed E-state index contributed by atoms with van der Waals surface area (Å²) >= 11 is 0. The Bertz CT molecular complexity index is 394. The zero-order valence-corrected chi connectivity index (χ0v) is 9.81. The molecule has 0 radical (unpaired) electrons. The normalized spacial score (nSPS) is 13.8. The van der Waals surface area contributed by atoms with Gasteiger partial charge in [-0.05, 0) is 26.0 Å². The maximum absolute atomic E-state index is 11.4. The molecule has 2 atom stereocenters. The second-order valence-electron chi connectivity index (χ2n) is 3.72. The van der Waals surface area contributed by atoms with Crippen LogP contribution < -0.4 is 16.4 Å². The largest absolute Gasteiger partial charge is 0.351 e. The molecule has 0 saturated carbocycles. The first-order valence-electron chi connectivity index (χ1n) is 5.28. The Labute approximate surface area is 99.6 Å². The second kappa shape index (κ2) is 5.95. The highest BCUT2D eigenvalue weighted by Gasteiger charge is 2.17. The van der Waals surface area contributed by atoms with Crippen LogP contribution >= 0.6 is 0 Å². The van der Waals surface area contributed by atoms with Gasteiger partial charge >= 0.3 is 6.03 Å². The highest BCUT2D eigenvalue weighted by molar-refractivity contribution is 5.96. The van der Waals surface area contributed by atoms with Crippen molar-refractivity contribution in [3.8, 4) is 0 Å². The molecular formula is C11H16N4O2. The van der Waals surface area contributed by atoms with Crippen molar-refractivity contribution in [2.45, 2.75) is 25.9 Å². The van der Waals surface area contributed by atoms with E-state index in [1.807, 2.05) is 30.4 Å². The summed E-state index contributed by atoms with van der Waals surface area (Å²) in [6.07, 6.45) is 1.68. The molecule has 0 bridgehead atoms. The molecule has 6 nitrogen and oxygen atoms in total. The number of primary amides is 1. The fourth-order valence-electron chi connectivity index (χ4n) is 1.40. The SMILES string of the molecule is CC(N[C@@H](C)c1ccccn1)C(=O)NC(N)=O. The number of carbonyl (C=O) groups is 2. The van der Waals surface area contributed by atoms with Gasteiger partial charge in [0.15, 0.2) is 0 Å². The van der Waals surface area contributed by atoms with E-state index in [9.17, 15) is 9.59 Å². The molecule has 1 aromatic heterocycles. The van der Waals surface area contributed by atoms with E-state index >= 15 is 0 Å². The van der Waals surface area contributed by atoms with Gasteiger partial charge in [0.25, 0.3) is 0 Å². The number of urea groups is 1. The summed E-state index contributed by atoms with van der Waals surface area (Å²) in [6.45, 7) is 3.54. The molecule has 4 N–H and O–H groups in total. The Balaban J connectivity index is 2.54. The lowest BCUT2D eigenvalue weighted by molar-refractivity contribution is -0.121. The number of rotatable bonds is 4. The van der Waals surface area contributed by atoms with Gasteiger partial charge in [-0.25, -0.2) is 4.79 Å². The molecule has 1 unspecified atom stereocenters. The topological polar surface area (TPSA) is 97.1 Å². The van der Waals surface area contributed by atoms with Gasteiger partial charge in [0, 0.05) is 12.2 Å². The number of pyridine rings is 1. The summed E-state index contributed by atoms with van der Waals surface area (Å²) in [6, 6.07) is 4.07. The van der Waals surface area contributed by atoms with Crippen molar-refractivity contribution in [2.75, 3.05) is 0 Å². The van der Waals surface area contributed by atoms with Crippen LogP contribution in [0.4, 0.5) is 4.79 Å². The lowest BCUT2D eigenvalue weighted by Gasteiger charge is -2.18. The number of carbonyl (C=O) groups excluding carboxylic acids is 2. The zero-order chi connectivity index (χ0) is 12.8. The number of aromatic nitrogens is 1. The molecule has 17 heavy (non-hydrogen) atoms. The molecule has 0 aliphatic heterocycles. The average Bonchev–Trinajstić information content (AvgIpc) is 2.29. The minimum atomic E-state index is -0.853. The van der Waals surface area contributed by atoms with Gasteiger partial charge in [-0.15, -0.1) is 0 Å². The van der Waals surface area contributed by atoms with Gasteiger partial charge in [0.05, 0.1) is 11.7 Å². The van der Waals surface area contributed by atoms with Crippen molar-refractivity contribution < 1.29 is 9.59 Å². The maximum atomic E-state index is 11.4. The van der Waals surface area contributed by atoms with Crippen molar-refractivity contribution in [2.24, 2.45) is 5.73 Å². The lowest BCUT2D eigenvalue weighted by atomic mass is 10.2. The van der Waals surface area contributed by atoms with Crippen molar-refractivity contribution in [3.63, 3.8) is 0 Å². The number of hydrogen-bond donors (Lipinski definition) is 3. The minimum Gasteiger partial charge on any atom is -0.351 e. The zero-order valence-electron chi connectivity index (χ0n) is 9.81. The van der Waals surface area contributed by atoms with Crippen LogP contribution in [0, 0.1) is 0 Å². The number of amides is 3. The number of hydrogen-bond acceptors (Lipinski definition) is 4. The van der Waals surface area contributed by atoms with E-state index < -0.39 is 18.0 Å². The molecule has 0 aromatic carbocycles. The molecule has 0 spiro atoms. The van der Waals surface area contributed by atoms with Crippen LogP contribution in [-0.4, -0.2) is 23.0 Å². The molecule has 0 fully saturated rings. The summed E-state index contributed by atoms with van der Waals surface area (Å²) in [5, 5.41) is 5.04. The smallest absolute Gasteiger partial charge is 0.318 e. The number of imide groups is 1. The van der Waals surface area contributed by atoms with E-state index in [0.717, 1.165) is 5.69 Å². The fourth-order valence-corrected chi connectivity index (χ4v) is 1.40. The highest BCUT2D eigenvalue weighted by atomic mass is 16.2. The van der Waals surface area contributed by atoms with Crippen LogP contribution in [0.1, 0.15) is 25.6 Å². The van der Waals surface area contributed by atoms with Crippen LogP contribution in [0.25, 0.3) is 0 Å². The van der Waals surface area contributed by atoms with E-state index in [4.69, 9.17) is 5.73 Å². The summed E-state index contributed by atoms with van der Waals surface area (Å²) in [4.78, 5) is 26.1. The number of nitrogens with two attached hydrogens (primary N) is 1. The van der Waals surface area contributed by atoms with Crippen molar-refractivity contribution >= 4 is 11.9 Å². The Morgan fingerprint density at radius 1 is 1.35 bits per heavy atom. The Kier molecular flexibility index (Phi) is 4.59. The minimum absolute atomic E-state index is 0.0928. The van der Waals surface area contributed by atoms with Gasteiger partial charge in [0.1, 0.15) is 0 Å². The van der Waals surface area contributed by atoms with Gasteiger partial charge in [-0.2, -0.15) is 0 Å². The van der Waals surface area contributed by atoms with E-state index in [-0.39, 0.29) is 6.04 Å². The van der Waals surface area contributed by atoms with Crippen LogP contribution in [0.2, 0.25) is 0 Å². The Morgan fingerprint density at radius 2 is 2.06 bits per heavy atom. The van der Waals surface area contributed by atoms with Gasteiger partial charge in [-0.3, -0.25) is 20.4 Å². The van der Waals surface area contributed by atoms with Gasteiger partial charge in [-0.1, -0.05) is 6.07 Å². The van der Waals surface area contributed by atoms with E-state index in [1.165, 1.54) is 0 Å². The number of nitrogens with one attached hydrogen (secondary N) is 2. The summed E-state index contributed by atoms with van der Waals surface area (Å²) < 4.78 is 0. The summed E-state index contributed by atoms with van der Waals surface area (Å²) in [7, 11) is 0. The van der Waals surface area contributed by atoms with E-state index in [1.54, 1.807) is 13.1 Å². The first kappa shape index (κ1) is 13.1. The second-order valence-corrected chi connectivity index (χ2v) is 3.72. The monoisotopic (exact) mass is 236 g/mol. The standard InChI is InChI=1S/C11H16N4O2/c1-7(9-5-3-4-6-13-9)14-8(2)10(16)15-11(12)17/h3-8,14H,1-2H3,(H3,12,15,16,17)/t7-,8?/m0/s1. The van der Waals surface area contributed by atoms with Gasteiger partial charge < -0.3 is 5.73 Å². The quantitative estimate of drug-likeness (QED) is 0.701. The molecule has 6 heteroatoms. The first-order chi connectivity index (χ1) is 8.00. The van der Waals surface area contributed by atoms with Crippen molar-refractivity contribution in [1.29, 1.82) is 0 Å². The van der Waals surface area contributed by atoms with Crippen molar-refractivity contribution in [1.82, 2.24) is 15.6 Å². The third kappa shape index (κ3) is 4.20. The summed E-state index contributed by atoms with van der Waals surface area (Å²) in [5.41, 5.74) is 5.69. The highest BCUT2D eigenvalue weighted by Crippen LogP contribution is 2.08. The van der Waals surface area contributed by atoms with E-state index in [2.05, 4.69) is 10.3 Å². The Hall–Kier alpha value is -1.95. The predicted octanol–water partition coefficient (Wildman–Crippen LogP) is 0.316. The molecular weight excluding hydrogens is 220 g/mol. The molecule has 1 heterocycles. The maximum Gasteiger partial charge on any atom is 0.318 e. The predicted molar refractivity (Wildman–Crippen MR) is 63.0 cm³/mol. The van der Waals surface area contributed by atoms with Crippen LogP contribution in [-0.2, 0) is 4.79 Å². The van der Waals surface area contributed by atoms with Crippen molar-refractivity contribution in [3.05, 3.63) is 30.1 Å². The molecule has 0 aliphatic rings. The third-order valence-corrected chi connectivity index (χ3v) is 2.27. The molecule has 3 amide bonds. The summed E-state index contributed by atoms with van der Waals surface area (Å²) in [5.74, 6) is -0.458. The first-order valence-corrected chi connectivity index (χ1v) is 5.28. The average molecular weight is 236 g/mol. The molecule has 92 valence electrons. The lowest BCUT2D eigenvalue weighted by Crippen LogP contribution is -2.47. The fraction of sp³-hybridized carbons (Fsp3) is 0.364. The Morgan fingerprint density at radius 3 is 2.59 bits per heavy atom. The van der Waals surface area contributed by atoms with Gasteiger partial charge in [0.2, 0.25) is 5.91 Å². The molecule has 0 aliphatic carbocycles.